The second-order valence-corrected chi connectivity index (χ2v) is 8.92. The third kappa shape index (κ3) is 5.94. The van der Waals surface area contributed by atoms with Crippen molar-refractivity contribution in [1.82, 2.24) is 10.6 Å². The highest BCUT2D eigenvalue weighted by Crippen LogP contribution is 2.30. The molecule has 0 bridgehead atoms. The van der Waals surface area contributed by atoms with Gasteiger partial charge in [0.05, 0.1) is 19.9 Å². The molecule has 1 aliphatic carbocycles. The third-order valence-corrected chi connectivity index (χ3v) is 6.37. The third-order valence-electron chi connectivity index (χ3n) is 6.37. The first-order chi connectivity index (χ1) is 17.5. The number of methoxy groups -OCH3 is 1. The molecule has 2 aromatic carbocycles. The van der Waals surface area contributed by atoms with Crippen molar-refractivity contribution in [2.45, 2.75) is 44.7 Å². The average molecular weight is 490 g/mol. The number of aryl methyl sites for hydroxylation is 1. The topological polar surface area (TPSA) is 101 Å². The zero-order chi connectivity index (χ0) is 25.5. The number of amides is 3. The fourth-order valence-corrected chi connectivity index (χ4v) is 4.43. The molecule has 8 heteroatoms. The first-order valence-electron chi connectivity index (χ1n) is 12.1. The van der Waals surface area contributed by atoms with E-state index in [2.05, 4.69) is 10.6 Å². The number of carbonyl (C=O) groups is 3. The number of furan rings is 1. The van der Waals surface area contributed by atoms with Gasteiger partial charge in [-0.25, -0.2) is 0 Å². The lowest BCUT2D eigenvalue weighted by Crippen LogP contribution is -2.49. The summed E-state index contributed by atoms with van der Waals surface area (Å²) in [6.07, 6.45) is 5.36. The quantitative estimate of drug-likeness (QED) is 0.470. The van der Waals surface area contributed by atoms with Crippen molar-refractivity contribution in [1.29, 1.82) is 0 Å². The molecule has 0 spiro atoms. The normalized spacial score (nSPS) is 14.2. The predicted molar refractivity (Wildman–Crippen MR) is 136 cm³/mol. The van der Waals surface area contributed by atoms with Gasteiger partial charge >= 0.3 is 0 Å². The molecule has 1 aliphatic rings. The number of hydrogen-bond donors (Lipinski definition) is 2. The molecule has 0 radical (unpaired) electrons. The molecule has 36 heavy (non-hydrogen) atoms. The van der Waals surface area contributed by atoms with Crippen LogP contribution in [0.5, 0.6) is 5.75 Å². The van der Waals surface area contributed by atoms with Gasteiger partial charge < -0.3 is 19.8 Å². The molecule has 0 saturated heterocycles. The van der Waals surface area contributed by atoms with Crippen molar-refractivity contribution in [3.8, 4) is 5.75 Å². The van der Waals surface area contributed by atoms with Crippen LogP contribution in [-0.2, 0) is 9.59 Å². The van der Waals surface area contributed by atoms with Crippen molar-refractivity contribution in [3.05, 3.63) is 83.8 Å². The summed E-state index contributed by atoms with van der Waals surface area (Å²) >= 11 is 0. The van der Waals surface area contributed by atoms with E-state index in [4.69, 9.17) is 9.15 Å². The monoisotopic (exact) mass is 489 g/mol. The Balaban J connectivity index is 1.68. The SMILES string of the molecule is COc1ccc(C(C(=O)NC2CCCC2)N(C(=O)CNC(=O)c2ccco2)c2ccc(C)cc2)cc1. The minimum absolute atomic E-state index is 0.0758. The summed E-state index contributed by atoms with van der Waals surface area (Å²) < 4.78 is 10.4. The van der Waals surface area contributed by atoms with Gasteiger partial charge in [-0.3, -0.25) is 19.3 Å². The molecule has 2 N–H and O–H groups in total. The van der Waals surface area contributed by atoms with Crippen LogP contribution in [0.1, 0.15) is 53.4 Å². The minimum Gasteiger partial charge on any atom is -0.497 e. The molecular formula is C28H31N3O5. The summed E-state index contributed by atoms with van der Waals surface area (Å²) in [5, 5.41) is 5.75. The second kappa shape index (κ2) is 11.6. The van der Waals surface area contributed by atoms with E-state index < -0.39 is 17.9 Å². The van der Waals surface area contributed by atoms with Gasteiger partial charge in [-0.15, -0.1) is 0 Å². The summed E-state index contributed by atoms with van der Waals surface area (Å²) in [6.45, 7) is 1.64. The highest BCUT2D eigenvalue weighted by atomic mass is 16.5. The standard InChI is InChI=1S/C28H31N3O5/c1-19-9-13-22(14-10-19)31(25(32)18-29-27(33)24-8-5-17-36-24)26(20-11-15-23(35-2)16-12-20)28(34)30-21-6-3-4-7-21/h5,8-17,21,26H,3-4,6-7,18H2,1-2H3,(H,29,33)(H,30,34). The smallest absolute Gasteiger partial charge is 0.287 e. The van der Waals surface area contributed by atoms with Crippen molar-refractivity contribution >= 4 is 23.4 Å². The van der Waals surface area contributed by atoms with E-state index in [1.165, 1.54) is 17.2 Å². The number of rotatable bonds is 9. The van der Waals surface area contributed by atoms with Crippen LogP contribution >= 0.6 is 0 Å². The summed E-state index contributed by atoms with van der Waals surface area (Å²) in [7, 11) is 1.57. The maximum Gasteiger partial charge on any atom is 0.287 e. The van der Waals surface area contributed by atoms with Gasteiger partial charge in [0.15, 0.2) is 5.76 Å². The van der Waals surface area contributed by atoms with Crippen molar-refractivity contribution in [3.63, 3.8) is 0 Å². The number of nitrogens with zero attached hydrogens (tertiary/aromatic N) is 1. The Morgan fingerprint density at radius 3 is 2.33 bits per heavy atom. The first kappa shape index (κ1) is 25.0. The molecule has 1 heterocycles. The summed E-state index contributed by atoms with van der Waals surface area (Å²) in [5.74, 6) is -0.448. The van der Waals surface area contributed by atoms with E-state index in [0.717, 1.165) is 31.2 Å². The van der Waals surface area contributed by atoms with Crippen LogP contribution in [0.3, 0.4) is 0 Å². The minimum atomic E-state index is -0.938. The Kier molecular flexibility index (Phi) is 8.05. The van der Waals surface area contributed by atoms with E-state index in [1.807, 2.05) is 19.1 Å². The Morgan fingerprint density at radius 2 is 1.72 bits per heavy atom. The van der Waals surface area contributed by atoms with Crippen molar-refractivity contribution in [2.75, 3.05) is 18.6 Å². The molecule has 3 amide bonds. The van der Waals surface area contributed by atoms with Crippen LogP contribution in [0, 0.1) is 6.92 Å². The maximum absolute atomic E-state index is 13.7. The highest BCUT2D eigenvalue weighted by molar-refractivity contribution is 6.04. The molecule has 188 valence electrons. The highest BCUT2D eigenvalue weighted by Gasteiger charge is 2.34. The summed E-state index contributed by atoms with van der Waals surface area (Å²) in [5.41, 5.74) is 2.21. The molecule has 1 fully saturated rings. The predicted octanol–water partition coefficient (Wildman–Crippen LogP) is 4.16. The Morgan fingerprint density at radius 1 is 1.03 bits per heavy atom. The van der Waals surface area contributed by atoms with Gasteiger partial charge in [0.2, 0.25) is 11.8 Å². The van der Waals surface area contributed by atoms with Gasteiger partial charge in [-0.2, -0.15) is 0 Å². The Bertz CT molecular complexity index is 1170. The molecule has 1 unspecified atom stereocenters. The van der Waals surface area contributed by atoms with Crippen LogP contribution in [0.4, 0.5) is 5.69 Å². The number of benzene rings is 2. The molecule has 0 aliphatic heterocycles. The van der Waals surface area contributed by atoms with Gasteiger partial charge in [0, 0.05) is 11.7 Å². The number of nitrogens with one attached hydrogen (secondary N) is 2. The van der Waals surface area contributed by atoms with Crippen LogP contribution in [-0.4, -0.2) is 37.4 Å². The Hall–Kier alpha value is -4.07. The zero-order valence-electron chi connectivity index (χ0n) is 20.5. The molecule has 1 atom stereocenters. The largest absolute Gasteiger partial charge is 0.497 e. The van der Waals surface area contributed by atoms with E-state index in [-0.39, 0.29) is 24.3 Å². The van der Waals surface area contributed by atoms with E-state index in [1.54, 1.807) is 49.6 Å². The van der Waals surface area contributed by atoms with Gasteiger partial charge in [-0.1, -0.05) is 42.7 Å². The lowest BCUT2D eigenvalue weighted by molar-refractivity contribution is -0.126. The van der Waals surface area contributed by atoms with E-state index >= 15 is 0 Å². The number of hydrogen-bond acceptors (Lipinski definition) is 5. The number of carbonyl (C=O) groups excluding carboxylic acids is 3. The van der Waals surface area contributed by atoms with Crippen LogP contribution < -0.4 is 20.3 Å². The summed E-state index contributed by atoms with van der Waals surface area (Å²) in [6, 6.07) is 16.7. The molecule has 1 saturated carbocycles. The van der Waals surface area contributed by atoms with Crippen LogP contribution in [0.15, 0.2) is 71.3 Å². The molecule has 8 nitrogen and oxygen atoms in total. The lowest BCUT2D eigenvalue weighted by atomic mass is 10.0. The van der Waals surface area contributed by atoms with Gasteiger partial charge in [0.1, 0.15) is 11.8 Å². The molecule has 1 aromatic heterocycles. The molecular weight excluding hydrogens is 458 g/mol. The number of ether oxygens (including phenoxy) is 1. The lowest BCUT2D eigenvalue weighted by Gasteiger charge is -2.32. The average Bonchev–Trinajstić information content (AvgIpc) is 3.61. The van der Waals surface area contributed by atoms with E-state index in [9.17, 15) is 14.4 Å². The van der Waals surface area contributed by atoms with Crippen molar-refractivity contribution < 1.29 is 23.5 Å². The van der Waals surface area contributed by atoms with Crippen molar-refractivity contribution in [2.24, 2.45) is 0 Å². The number of anilines is 1. The Labute approximate surface area is 210 Å². The van der Waals surface area contributed by atoms with Gasteiger partial charge in [-0.05, 0) is 61.7 Å². The van der Waals surface area contributed by atoms with E-state index in [0.29, 0.717) is 17.0 Å². The fourth-order valence-electron chi connectivity index (χ4n) is 4.43. The summed E-state index contributed by atoms with van der Waals surface area (Å²) in [4.78, 5) is 41.3. The maximum atomic E-state index is 13.7. The first-order valence-corrected chi connectivity index (χ1v) is 12.1. The molecule has 4 rings (SSSR count). The fraction of sp³-hybridized carbons (Fsp3) is 0.321. The second-order valence-electron chi connectivity index (χ2n) is 8.92. The zero-order valence-corrected chi connectivity index (χ0v) is 20.5. The van der Waals surface area contributed by atoms with Gasteiger partial charge in [0.25, 0.3) is 5.91 Å². The van der Waals surface area contributed by atoms with Crippen LogP contribution in [0.2, 0.25) is 0 Å². The van der Waals surface area contributed by atoms with Crippen LogP contribution in [0.25, 0.3) is 0 Å². The molecule has 3 aromatic rings.